The van der Waals surface area contributed by atoms with Crippen molar-refractivity contribution in [1.29, 1.82) is 0 Å². The molecule has 0 atom stereocenters. The van der Waals surface area contributed by atoms with Crippen molar-refractivity contribution < 1.29 is 14.0 Å². The molecule has 29 heavy (non-hydrogen) atoms. The van der Waals surface area contributed by atoms with Crippen LogP contribution in [0.15, 0.2) is 48.7 Å². The van der Waals surface area contributed by atoms with Gasteiger partial charge >= 0.3 is 0 Å². The summed E-state index contributed by atoms with van der Waals surface area (Å²) in [7, 11) is 0. The number of nitrogens with one attached hydrogen (secondary N) is 1. The molecule has 1 aliphatic heterocycles. The lowest BCUT2D eigenvalue weighted by molar-refractivity contribution is 0.0694. The molecule has 2 amide bonds. The van der Waals surface area contributed by atoms with E-state index in [0.29, 0.717) is 30.1 Å². The van der Waals surface area contributed by atoms with E-state index in [1.807, 2.05) is 6.07 Å². The van der Waals surface area contributed by atoms with E-state index < -0.39 is 5.91 Å². The van der Waals surface area contributed by atoms with Crippen molar-refractivity contribution in [2.24, 2.45) is 5.92 Å². The maximum atomic E-state index is 13.8. The molecule has 4 rings (SSSR count). The lowest BCUT2D eigenvalue weighted by atomic mass is 9.99. The highest BCUT2D eigenvalue weighted by Gasteiger charge is 2.27. The van der Waals surface area contributed by atoms with Crippen LogP contribution in [0, 0.1) is 11.7 Å². The van der Waals surface area contributed by atoms with Crippen molar-refractivity contribution in [1.82, 2.24) is 19.6 Å². The summed E-state index contributed by atoms with van der Waals surface area (Å²) < 4.78 is 15.4. The number of carbonyl (C=O) groups is 2. The van der Waals surface area contributed by atoms with Crippen LogP contribution in [0.4, 0.5) is 4.39 Å². The van der Waals surface area contributed by atoms with E-state index in [0.717, 1.165) is 12.8 Å². The van der Waals surface area contributed by atoms with Gasteiger partial charge in [-0.3, -0.25) is 14.0 Å². The lowest BCUT2D eigenvalue weighted by Gasteiger charge is -2.29. The first-order valence-electron chi connectivity index (χ1n) is 9.82. The number of nitrogens with zero attached hydrogens (tertiary/aromatic N) is 3. The minimum Gasteiger partial charge on any atom is -0.345 e. The fourth-order valence-corrected chi connectivity index (χ4v) is 3.61. The molecular weight excluding hydrogens is 371 g/mol. The second-order valence-corrected chi connectivity index (χ2v) is 7.49. The number of fused-ring (bicyclic) bond motifs is 1. The fraction of sp³-hybridized carbons (Fsp3) is 0.318. The van der Waals surface area contributed by atoms with E-state index >= 15 is 0 Å². The van der Waals surface area contributed by atoms with E-state index in [4.69, 9.17) is 0 Å². The van der Waals surface area contributed by atoms with Gasteiger partial charge in [0.1, 0.15) is 5.82 Å². The van der Waals surface area contributed by atoms with E-state index in [-0.39, 0.29) is 29.8 Å². The number of hydrogen-bond acceptors (Lipinski definition) is 3. The Morgan fingerprint density at radius 3 is 2.62 bits per heavy atom. The SMILES string of the molecule is CC1CCN(C(=O)c2nc(C(=O)NCc3ccccc3F)n3ccccc23)CC1. The van der Waals surface area contributed by atoms with Crippen molar-refractivity contribution in [2.45, 2.75) is 26.3 Å². The number of benzene rings is 1. The average molecular weight is 394 g/mol. The van der Waals surface area contributed by atoms with Crippen LogP contribution in [0.25, 0.3) is 5.52 Å². The predicted molar refractivity (Wildman–Crippen MR) is 107 cm³/mol. The number of amides is 2. The van der Waals surface area contributed by atoms with Gasteiger partial charge in [-0.05, 0) is 37.0 Å². The topological polar surface area (TPSA) is 66.7 Å². The molecule has 3 heterocycles. The first kappa shape index (κ1) is 19.1. The van der Waals surface area contributed by atoms with Crippen LogP contribution >= 0.6 is 0 Å². The number of halogens is 1. The molecular formula is C22H23FN4O2. The number of imidazole rings is 1. The Balaban J connectivity index is 1.59. The summed E-state index contributed by atoms with van der Waals surface area (Å²) in [4.78, 5) is 32.0. The summed E-state index contributed by atoms with van der Waals surface area (Å²) >= 11 is 0. The van der Waals surface area contributed by atoms with Gasteiger partial charge in [-0.15, -0.1) is 0 Å². The molecule has 1 saturated heterocycles. The highest BCUT2D eigenvalue weighted by atomic mass is 19.1. The van der Waals surface area contributed by atoms with Gasteiger partial charge in [0.25, 0.3) is 11.8 Å². The largest absolute Gasteiger partial charge is 0.345 e. The van der Waals surface area contributed by atoms with Crippen LogP contribution in [0.1, 0.15) is 46.4 Å². The maximum Gasteiger partial charge on any atom is 0.287 e. The van der Waals surface area contributed by atoms with Crippen molar-refractivity contribution in [3.05, 3.63) is 71.6 Å². The van der Waals surface area contributed by atoms with Crippen molar-refractivity contribution >= 4 is 17.3 Å². The summed E-state index contributed by atoms with van der Waals surface area (Å²) in [6, 6.07) is 11.6. The van der Waals surface area contributed by atoms with Gasteiger partial charge in [0, 0.05) is 31.4 Å². The van der Waals surface area contributed by atoms with E-state index in [1.54, 1.807) is 45.8 Å². The Morgan fingerprint density at radius 2 is 1.86 bits per heavy atom. The number of pyridine rings is 1. The number of carbonyl (C=O) groups excluding carboxylic acids is 2. The molecule has 0 saturated carbocycles. The molecule has 0 unspecified atom stereocenters. The van der Waals surface area contributed by atoms with Gasteiger partial charge < -0.3 is 10.2 Å². The van der Waals surface area contributed by atoms with Crippen molar-refractivity contribution in [2.75, 3.05) is 13.1 Å². The first-order valence-corrected chi connectivity index (χ1v) is 9.82. The lowest BCUT2D eigenvalue weighted by Crippen LogP contribution is -2.38. The monoisotopic (exact) mass is 394 g/mol. The quantitative estimate of drug-likeness (QED) is 0.739. The third-order valence-electron chi connectivity index (χ3n) is 5.42. The standard InChI is InChI=1S/C22H23FN4O2/c1-15-9-12-26(13-10-15)22(29)19-18-8-4-5-11-27(18)20(25-19)21(28)24-14-16-6-2-3-7-17(16)23/h2-8,11,15H,9-10,12-14H2,1H3,(H,24,28). The highest BCUT2D eigenvalue weighted by Crippen LogP contribution is 2.21. The maximum absolute atomic E-state index is 13.8. The Hall–Kier alpha value is -3.22. The zero-order chi connectivity index (χ0) is 20.4. The van der Waals surface area contributed by atoms with Crippen LogP contribution in [0.5, 0.6) is 0 Å². The minimum absolute atomic E-state index is 0.0422. The summed E-state index contributed by atoms with van der Waals surface area (Å²) in [5, 5.41) is 2.70. The van der Waals surface area contributed by atoms with Gasteiger partial charge in [-0.25, -0.2) is 9.37 Å². The Morgan fingerprint density at radius 1 is 1.14 bits per heavy atom. The Bertz CT molecular complexity index is 1050. The predicted octanol–water partition coefficient (Wildman–Crippen LogP) is 3.28. The molecule has 150 valence electrons. The van der Waals surface area contributed by atoms with Crippen molar-refractivity contribution in [3.63, 3.8) is 0 Å². The molecule has 1 fully saturated rings. The molecule has 0 aliphatic carbocycles. The second kappa shape index (κ2) is 8.03. The zero-order valence-electron chi connectivity index (χ0n) is 16.3. The van der Waals surface area contributed by atoms with Crippen LogP contribution in [0.3, 0.4) is 0 Å². The Labute approximate surface area is 168 Å². The van der Waals surface area contributed by atoms with Crippen LogP contribution < -0.4 is 5.32 Å². The van der Waals surface area contributed by atoms with E-state index in [1.165, 1.54) is 6.07 Å². The molecule has 3 aromatic rings. The smallest absolute Gasteiger partial charge is 0.287 e. The first-order chi connectivity index (χ1) is 14.0. The van der Waals surface area contributed by atoms with Gasteiger partial charge in [-0.1, -0.05) is 31.2 Å². The molecule has 2 aromatic heterocycles. The summed E-state index contributed by atoms with van der Waals surface area (Å²) in [6.45, 7) is 3.62. The van der Waals surface area contributed by atoms with Crippen molar-refractivity contribution in [3.8, 4) is 0 Å². The molecule has 6 nitrogen and oxygen atoms in total. The number of hydrogen-bond donors (Lipinski definition) is 1. The number of aromatic nitrogens is 2. The van der Waals surface area contributed by atoms with Gasteiger partial charge in [0.05, 0.1) is 5.52 Å². The number of likely N-dealkylation sites (tertiary alicyclic amines) is 1. The summed E-state index contributed by atoms with van der Waals surface area (Å²) in [5.74, 6) is -0.270. The zero-order valence-corrected chi connectivity index (χ0v) is 16.3. The van der Waals surface area contributed by atoms with Crippen LogP contribution in [-0.4, -0.2) is 39.2 Å². The minimum atomic E-state index is -0.458. The molecule has 1 aromatic carbocycles. The van der Waals surface area contributed by atoms with Crippen LogP contribution in [0.2, 0.25) is 0 Å². The van der Waals surface area contributed by atoms with Gasteiger partial charge in [0.2, 0.25) is 5.82 Å². The molecule has 1 N–H and O–H groups in total. The average Bonchev–Trinajstić information content (AvgIpc) is 3.13. The number of piperidine rings is 1. The summed E-state index contributed by atoms with van der Waals surface area (Å²) in [5.41, 5.74) is 1.25. The fourth-order valence-electron chi connectivity index (χ4n) is 3.61. The number of rotatable bonds is 4. The second-order valence-electron chi connectivity index (χ2n) is 7.49. The van der Waals surface area contributed by atoms with Gasteiger partial charge in [-0.2, -0.15) is 0 Å². The van der Waals surface area contributed by atoms with E-state index in [9.17, 15) is 14.0 Å². The molecule has 1 aliphatic rings. The normalized spacial score (nSPS) is 14.9. The van der Waals surface area contributed by atoms with E-state index in [2.05, 4.69) is 17.2 Å². The molecule has 7 heteroatoms. The highest BCUT2D eigenvalue weighted by molar-refractivity contribution is 6.02. The molecule has 0 radical (unpaired) electrons. The summed E-state index contributed by atoms with van der Waals surface area (Å²) in [6.07, 6.45) is 3.64. The molecule has 0 bridgehead atoms. The third-order valence-corrected chi connectivity index (χ3v) is 5.42. The molecule has 0 spiro atoms. The van der Waals surface area contributed by atoms with Crippen LogP contribution in [-0.2, 0) is 6.54 Å². The third kappa shape index (κ3) is 3.85. The van der Waals surface area contributed by atoms with Gasteiger partial charge in [0.15, 0.2) is 5.69 Å². The Kier molecular flexibility index (Phi) is 5.29.